The van der Waals surface area contributed by atoms with E-state index in [4.69, 9.17) is 15.3 Å². The number of carboxylic acids is 2. The quantitative estimate of drug-likeness (QED) is 0.471. The van der Waals surface area contributed by atoms with Crippen LogP contribution in [0.25, 0.3) is 0 Å². The molecule has 7 heteroatoms. The molecule has 89 valence electrons. The van der Waals surface area contributed by atoms with Gasteiger partial charge in [-0.3, -0.25) is 4.79 Å². The first kappa shape index (κ1) is 16.8. The molecule has 0 amide bonds. The summed E-state index contributed by atoms with van der Waals surface area (Å²) in [4.78, 5) is 19.4. The number of carbonyl (C=O) groups is 2. The standard InChI is InChI=1S/C5H11NO3.C3H5O2Se/c1-4(7)2-6-3-5(8)9;4-3(5)1-2-6/h4,6-7H,2-3H2,1H3,(H,8,9);1-2H2,(H,4,5). The third kappa shape index (κ3) is 24.7. The van der Waals surface area contributed by atoms with Gasteiger partial charge in [-0.05, 0) is 6.92 Å². The second kappa shape index (κ2) is 11.5. The van der Waals surface area contributed by atoms with Crippen LogP contribution < -0.4 is 5.32 Å². The van der Waals surface area contributed by atoms with Crippen molar-refractivity contribution in [2.75, 3.05) is 13.1 Å². The molecule has 0 saturated heterocycles. The van der Waals surface area contributed by atoms with Crippen LogP contribution in [0.15, 0.2) is 0 Å². The molecule has 0 aliphatic carbocycles. The van der Waals surface area contributed by atoms with Crippen LogP contribution in [0.4, 0.5) is 0 Å². The van der Waals surface area contributed by atoms with Crippen LogP contribution in [0.5, 0.6) is 0 Å². The van der Waals surface area contributed by atoms with Gasteiger partial charge in [0.2, 0.25) is 0 Å². The molecule has 0 aromatic rings. The number of aliphatic hydroxyl groups excluding tert-OH is 1. The summed E-state index contributed by atoms with van der Waals surface area (Å²) in [6.45, 7) is 1.83. The van der Waals surface area contributed by atoms with Crippen molar-refractivity contribution >= 4 is 28.0 Å². The summed E-state index contributed by atoms with van der Waals surface area (Å²) in [5.74, 6) is -1.65. The number of hydrogen-bond donors (Lipinski definition) is 4. The van der Waals surface area contributed by atoms with E-state index in [-0.39, 0.29) is 13.0 Å². The first-order chi connectivity index (χ1) is 6.90. The van der Waals surface area contributed by atoms with Gasteiger partial charge in [0, 0.05) is 6.54 Å². The Kier molecular flexibility index (Phi) is 12.8. The average Bonchev–Trinajstić information content (AvgIpc) is 2.03. The van der Waals surface area contributed by atoms with E-state index >= 15 is 0 Å². The Bertz CT molecular complexity index is 186. The minimum atomic E-state index is -0.907. The van der Waals surface area contributed by atoms with Crippen LogP contribution in [-0.2, 0) is 9.59 Å². The van der Waals surface area contributed by atoms with Gasteiger partial charge >= 0.3 is 49.6 Å². The van der Waals surface area contributed by atoms with Crippen LogP contribution in [0.1, 0.15) is 13.3 Å². The van der Waals surface area contributed by atoms with Gasteiger partial charge < -0.3 is 15.5 Å². The Hall–Kier alpha value is -0.621. The molecule has 15 heavy (non-hydrogen) atoms. The predicted molar refractivity (Wildman–Crippen MR) is 55.0 cm³/mol. The summed E-state index contributed by atoms with van der Waals surface area (Å²) >= 11 is 2.59. The minimum absolute atomic E-state index is 0.0924. The van der Waals surface area contributed by atoms with Crippen molar-refractivity contribution < 1.29 is 24.9 Å². The van der Waals surface area contributed by atoms with Gasteiger partial charge in [-0.15, -0.1) is 0 Å². The number of nitrogens with one attached hydrogen (secondary N) is 1. The summed E-state index contributed by atoms with van der Waals surface area (Å²) in [6.07, 6.45) is -0.246. The molecule has 0 heterocycles. The number of carboxylic acid groups (broad SMARTS) is 2. The van der Waals surface area contributed by atoms with Gasteiger partial charge in [-0.25, -0.2) is 0 Å². The van der Waals surface area contributed by atoms with E-state index in [1.54, 1.807) is 6.92 Å². The summed E-state index contributed by atoms with van der Waals surface area (Å²) < 4.78 is 0. The van der Waals surface area contributed by atoms with Crippen LogP contribution in [0.3, 0.4) is 0 Å². The predicted octanol–water partition coefficient (Wildman–Crippen LogP) is -0.911. The van der Waals surface area contributed by atoms with Gasteiger partial charge in [-0.1, -0.05) is 0 Å². The number of aliphatic hydroxyl groups is 1. The second-order valence-corrected chi connectivity index (χ2v) is 3.58. The van der Waals surface area contributed by atoms with Crippen molar-refractivity contribution in [3.05, 3.63) is 0 Å². The molecule has 0 fully saturated rings. The summed E-state index contributed by atoms with van der Waals surface area (Å²) in [7, 11) is 0. The Morgan fingerprint density at radius 1 is 1.33 bits per heavy atom. The van der Waals surface area contributed by atoms with Crippen LogP contribution in [-0.4, -0.2) is 62.5 Å². The Morgan fingerprint density at radius 3 is 2.07 bits per heavy atom. The van der Waals surface area contributed by atoms with E-state index in [1.807, 2.05) is 0 Å². The first-order valence-electron chi connectivity index (χ1n) is 4.30. The number of rotatable bonds is 6. The molecule has 0 saturated carbocycles. The van der Waals surface area contributed by atoms with Crippen molar-refractivity contribution in [2.45, 2.75) is 24.8 Å². The fourth-order valence-corrected chi connectivity index (χ4v) is 0.842. The molecular formula is C8H16NO5Se. The van der Waals surface area contributed by atoms with Gasteiger partial charge in [0.15, 0.2) is 0 Å². The molecule has 6 nitrogen and oxygen atoms in total. The van der Waals surface area contributed by atoms with Crippen molar-refractivity contribution in [2.24, 2.45) is 0 Å². The molecule has 0 aromatic heterocycles. The van der Waals surface area contributed by atoms with Crippen LogP contribution in [0, 0.1) is 0 Å². The van der Waals surface area contributed by atoms with Crippen molar-refractivity contribution in [3.63, 3.8) is 0 Å². The summed E-state index contributed by atoms with van der Waals surface area (Å²) in [6, 6.07) is 0. The van der Waals surface area contributed by atoms with Gasteiger partial charge in [-0.2, -0.15) is 0 Å². The Balaban J connectivity index is 0. The van der Waals surface area contributed by atoms with Crippen LogP contribution >= 0.6 is 0 Å². The molecule has 1 atom stereocenters. The molecule has 0 aliphatic rings. The zero-order chi connectivity index (χ0) is 12.3. The third-order valence-electron chi connectivity index (χ3n) is 1.03. The Morgan fingerprint density at radius 2 is 1.87 bits per heavy atom. The first-order valence-corrected chi connectivity index (χ1v) is 5.51. The summed E-state index contributed by atoms with van der Waals surface area (Å²) in [5, 5.41) is 27.7. The molecular weight excluding hydrogens is 269 g/mol. The van der Waals surface area contributed by atoms with Crippen LogP contribution in [0.2, 0.25) is 5.32 Å². The fraction of sp³-hybridized carbons (Fsp3) is 0.750. The van der Waals surface area contributed by atoms with E-state index in [9.17, 15) is 9.59 Å². The SMILES string of the molecule is CC(O)CNCC(=O)O.O=C(O)CC[Se]. The summed E-state index contributed by atoms with van der Waals surface area (Å²) in [5.41, 5.74) is 0. The van der Waals surface area contributed by atoms with Crippen molar-refractivity contribution in [3.8, 4) is 0 Å². The van der Waals surface area contributed by atoms with Crippen molar-refractivity contribution in [1.29, 1.82) is 0 Å². The Labute approximate surface area is 96.5 Å². The monoisotopic (exact) mass is 286 g/mol. The van der Waals surface area contributed by atoms with E-state index in [0.717, 1.165) is 0 Å². The van der Waals surface area contributed by atoms with E-state index in [1.165, 1.54) is 0 Å². The zero-order valence-electron chi connectivity index (χ0n) is 8.47. The van der Waals surface area contributed by atoms with E-state index < -0.39 is 18.0 Å². The van der Waals surface area contributed by atoms with E-state index in [2.05, 4.69) is 21.3 Å². The van der Waals surface area contributed by atoms with Gasteiger partial charge in [0.05, 0.1) is 12.6 Å². The van der Waals surface area contributed by atoms with Crippen molar-refractivity contribution in [1.82, 2.24) is 5.32 Å². The molecule has 0 aromatic carbocycles. The second-order valence-electron chi connectivity index (χ2n) is 2.72. The zero-order valence-corrected chi connectivity index (χ0v) is 10.2. The molecule has 4 N–H and O–H groups in total. The van der Waals surface area contributed by atoms with Gasteiger partial charge in [0.1, 0.15) is 0 Å². The molecule has 0 aliphatic heterocycles. The number of aliphatic carboxylic acids is 2. The molecule has 1 radical (unpaired) electrons. The van der Waals surface area contributed by atoms with Gasteiger partial charge in [0.25, 0.3) is 0 Å². The van der Waals surface area contributed by atoms with E-state index in [0.29, 0.717) is 11.9 Å². The molecule has 0 spiro atoms. The molecule has 0 rings (SSSR count). The topological polar surface area (TPSA) is 107 Å². The normalized spacial score (nSPS) is 11.1. The maximum absolute atomic E-state index is 9.84. The molecule has 0 bridgehead atoms. The molecule has 1 unspecified atom stereocenters. The third-order valence-corrected chi connectivity index (χ3v) is 1.46. The fourth-order valence-electron chi connectivity index (χ4n) is 0.475. The maximum atomic E-state index is 9.84. The average molecular weight is 285 g/mol. The number of hydrogen-bond acceptors (Lipinski definition) is 4.